The third-order valence-electron chi connectivity index (χ3n) is 4.08. The Kier molecular flexibility index (Phi) is 4.38. The predicted octanol–water partition coefficient (Wildman–Crippen LogP) is 4.05. The highest BCUT2D eigenvalue weighted by Crippen LogP contribution is 2.41. The van der Waals surface area contributed by atoms with Crippen LogP contribution < -0.4 is 5.32 Å². The molecule has 0 aliphatic carbocycles. The number of halogens is 1. The predicted molar refractivity (Wildman–Crippen MR) is 89.8 cm³/mol. The summed E-state index contributed by atoms with van der Waals surface area (Å²) in [6.45, 7) is 1.06. The van der Waals surface area contributed by atoms with Crippen LogP contribution in [-0.2, 0) is 8.67 Å². The van der Waals surface area contributed by atoms with Crippen LogP contribution in [0.2, 0.25) is 0 Å². The molecule has 3 heteroatoms. The van der Waals surface area contributed by atoms with Crippen LogP contribution in [0.3, 0.4) is 0 Å². The molecule has 0 radical (unpaired) electrons. The lowest BCUT2D eigenvalue weighted by Crippen LogP contribution is -2.46. The van der Waals surface area contributed by atoms with E-state index in [2.05, 4.69) is 89.0 Å². The highest BCUT2D eigenvalue weighted by Gasteiger charge is 2.44. The van der Waals surface area contributed by atoms with E-state index in [4.69, 9.17) is 3.07 Å². The molecule has 2 aromatic carbocycles. The zero-order chi connectivity index (χ0) is 13.8. The number of hydrogen-bond donors (Lipinski definition) is 1. The fourth-order valence-electron chi connectivity index (χ4n) is 3.11. The van der Waals surface area contributed by atoms with E-state index in [0.29, 0.717) is 6.04 Å². The van der Waals surface area contributed by atoms with E-state index in [9.17, 15) is 0 Å². The zero-order valence-corrected chi connectivity index (χ0v) is 13.4. The number of hydrogen-bond acceptors (Lipinski definition) is 2. The van der Waals surface area contributed by atoms with E-state index in [0.717, 1.165) is 13.0 Å². The van der Waals surface area contributed by atoms with Gasteiger partial charge in [0.25, 0.3) is 0 Å². The minimum absolute atomic E-state index is 0.309. The van der Waals surface area contributed by atoms with E-state index in [1.165, 1.54) is 17.5 Å². The Morgan fingerprint density at radius 2 is 1.50 bits per heavy atom. The lowest BCUT2D eigenvalue weighted by atomic mass is 9.79. The summed E-state index contributed by atoms with van der Waals surface area (Å²) in [6, 6.07) is 21.4. The number of rotatable bonds is 4. The van der Waals surface area contributed by atoms with E-state index >= 15 is 0 Å². The summed E-state index contributed by atoms with van der Waals surface area (Å²) in [7, 11) is 0. The fraction of sp³-hybridized carbons (Fsp3) is 0.294. The Hall–Kier alpha value is -0.910. The largest absolute Gasteiger partial charge is 0.311 e. The molecule has 0 aromatic heterocycles. The van der Waals surface area contributed by atoms with Gasteiger partial charge in [-0.3, -0.25) is 3.07 Å². The maximum absolute atomic E-state index is 6.10. The molecule has 1 fully saturated rings. The summed E-state index contributed by atoms with van der Waals surface area (Å²) < 4.78 is 6.10. The van der Waals surface area contributed by atoms with Gasteiger partial charge in [0, 0.05) is 6.04 Å². The van der Waals surface area contributed by atoms with Gasteiger partial charge in [-0.25, -0.2) is 0 Å². The van der Waals surface area contributed by atoms with Gasteiger partial charge in [-0.2, -0.15) is 0 Å². The molecule has 1 heterocycles. The van der Waals surface area contributed by atoms with Crippen molar-refractivity contribution in [3.63, 3.8) is 0 Å². The quantitative estimate of drug-likeness (QED) is 0.810. The minimum Gasteiger partial charge on any atom is -0.311 e. The smallest absolute Gasteiger partial charge is 0.146 e. The molecular formula is C17H18INO. The minimum atomic E-state index is -0.417. The maximum atomic E-state index is 6.10. The highest BCUT2D eigenvalue weighted by molar-refractivity contribution is 14.1. The summed E-state index contributed by atoms with van der Waals surface area (Å²) in [5.74, 6) is 0. The summed E-state index contributed by atoms with van der Waals surface area (Å²) in [6.07, 6.45) is 2.33. The van der Waals surface area contributed by atoms with Crippen molar-refractivity contribution in [2.75, 3.05) is 6.54 Å². The molecule has 0 amide bonds. The molecule has 0 saturated carbocycles. The van der Waals surface area contributed by atoms with Crippen molar-refractivity contribution < 1.29 is 3.07 Å². The van der Waals surface area contributed by atoms with Gasteiger partial charge in [-0.15, -0.1) is 0 Å². The molecule has 1 N–H and O–H groups in total. The van der Waals surface area contributed by atoms with Gasteiger partial charge < -0.3 is 5.32 Å². The van der Waals surface area contributed by atoms with Gasteiger partial charge in [-0.05, 0) is 30.5 Å². The first kappa shape index (κ1) is 14.0. The zero-order valence-electron chi connectivity index (χ0n) is 11.3. The maximum Gasteiger partial charge on any atom is 0.146 e. The standard InChI is InChI=1S/C17H18INO/c18-20-17(16-12-7-13-19-16,14-8-3-1-4-9-14)15-10-5-2-6-11-15/h1-6,8-11,16,19H,7,12-13H2/t16-/m1/s1. The van der Waals surface area contributed by atoms with Crippen molar-refractivity contribution >= 4 is 23.0 Å². The van der Waals surface area contributed by atoms with Crippen LogP contribution in [0, 0.1) is 0 Å². The Balaban J connectivity index is 2.15. The molecule has 1 saturated heterocycles. The van der Waals surface area contributed by atoms with Gasteiger partial charge >= 0.3 is 0 Å². The summed E-state index contributed by atoms with van der Waals surface area (Å²) in [5, 5.41) is 3.62. The van der Waals surface area contributed by atoms with Gasteiger partial charge in [-0.1, -0.05) is 60.7 Å². The summed E-state index contributed by atoms with van der Waals surface area (Å²) >= 11 is 2.06. The first-order valence-corrected chi connectivity index (χ1v) is 7.90. The second-order valence-electron chi connectivity index (χ2n) is 5.19. The van der Waals surface area contributed by atoms with Gasteiger partial charge in [0.15, 0.2) is 0 Å². The number of benzene rings is 2. The second-order valence-corrected chi connectivity index (χ2v) is 5.63. The third-order valence-corrected chi connectivity index (χ3v) is 4.77. The Bertz CT molecular complexity index is 498. The Morgan fingerprint density at radius 3 is 1.90 bits per heavy atom. The first-order valence-electron chi connectivity index (χ1n) is 7.02. The van der Waals surface area contributed by atoms with Crippen LogP contribution in [0.4, 0.5) is 0 Å². The lowest BCUT2D eigenvalue weighted by molar-refractivity contribution is 0.127. The fourth-order valence-corrected chi connectivity index (χ4v) is 3.93. The van der Waals surface area contributed by atoms with Crippen LogP contribution in [0.15, 0.2) is 60.7 Å². The average Bonchev–Trinajstić information content (AvgIpc) is 3.06. The van der Waals surface area contributed by atoms with Crippen LogP contribution >= 0.6 is 23.0 Å². The molecule has 2 nitrogen and oxygen atoms in total. The second kappa shape index (κ2) is 6.24. The summed E-state index contributed by atoms with van der Waals surface area (Å²) in [4.78, 5) is 0. The average molecular weight is 379 g/mol. The molecule has 2 aromatic rings. The molecule has 1 aliphatic heterocycles. The van der Waals surface area contributed by atoms with Crippen LogP contribution in [0.1, 0.15) is 24.0 Å². The van der Waals surface area contributed by atoms with Gasteiger partial charge in [0.05, 0.1) is 0 Å². The lowest BCUT2D eigenvalue weighted by Gasteiger charge is -2.37. The first-order chi connectivity index (χ1) is 9.88. The van der Waals surface area contributed by atoms with Crippen molar-refractivity contribution in [1.29, 1.82) is 0 Å². The molecule has 0 spiro atoms. The van der Waals surface area contributed by atoms with Crippen LogP contribution in [-0.4, -0.2) is 12.6 Å². The molecule has 3 rings (SSSR count). The molecule has 1 atom stereocenters. The van der Waals surface area contributed by atoms with E-state index in [-0.39, 0.29) is 0 Å². The summed E-state index contributed by atoms with van der Waals surface area (Å²) in [5.41, 5.74) is 2.00. The van der Waals surface area contributed by atoms with E-state index in [1.54, 1.807) is 0 Å². The Morgan fingerprint density at radius 1 is 0.950 bits per heavy atom. The Labute approximate surface area is 134 Å². The highest BCUT2D eigenvalue weighted by atomic mass is 127. The van der Waals surface area contributed by atoms with Crippen LogP contribution in [0.5, 0.6) is 0 Å². The van der Waals surface area contributed by atoms with Crippen molar-refractivity contribution in [3.8, 4) is 0 Å². The van der Waals surface area contributed by atoms with E-state index in [1.807, 2.05) is 0 Å². The molecule has 0 bridgehead atoms. The van der Waals surface area contributed by atoms with Crippen molar-refractivity contribution in [2.45, 2.75) is 24.5 Å². The molecule has 104 valence electrons. The molecule has 1 aliphatic rings. The molecular weight excluding hydrogens is 361 g/mol. The number of nitrogens with one attached hydrogen (secondary N) is 1. The van der Waals surface area contributed by atoms with Gasteiger partial charge in [0.2, 0.25) is 0 Å². The molecule has 0 unspecified atom stereocenters. The van der Waals surface area contributed by atoms with Crippen molar-refractivity contribution in [2.24, 2.45) is 0 Å². The topological polar surface area (TPSA) is 21.3 Å². The SMILES string of the molecule is IOC(c1ccccc1)(c1ccccc1)[C@H]1CCCN1. The van der Waals surface area contributed by atoms with Gasteiger partial charge in [0.1, 0.15) is 28.6 Å². The monoisotopic (exact) mass is 379 g/mol. The van der Waals surface area contributed by atoms with E-state index < -0.39 is 5.60 Å². The van der Waals surface area contributed by atoms with Crippen LogP contribution in [0.25, 0.3) is 0 Å². The van der Waals surface area contributed by atoms with Crippen molar-refractivity contribution in [1.82, 2.24) is 5.32 Å². The van der Waals surface area contributed by atoms with Crippen molar-refractivity contribution in [3.05, 3.63) is 71.8 Å². The molecule has 20 heavy (non-hydrogen) atoms. The normalized spacial score (nSPS) is 19.1. The third kappa shape index (κ3) is 2.38.